The van der Waals surface area contributed by atoms with E-state index in [-0.39, 0.29) is 17.5 Å². The highest BCUT2D eigenvalue weighted by atomic mass is 79.9. The highest BCUT2D eigenvalue weighted by Crippen LogP contribution is 2.33. The zero-order chi connectivity index (χ0) is 11.7. The van der Waals surface area contributed by atoms with Crippen LogP contribution < -0.4 is 5.32 Å². The molecule has 4 heteroatoms. The van der Waals surface area contributed by atoms with Gasteiger partial charge in [-0.2, -0.15) is 0 Å². The number of anilines is 1. The first-order chi connectivity index (χ1) is 7.58. The van der Waals surface area contributed by atoms with E-state index in [1.807, 2.05) is 6.07 Å². The summed E-state index contributed by atoms with van der Waals surface area (Å²) in [5, 5.41) is 12.9. The van der Waals surface area contributed by atoms with Gasteiger partial charge in [0.15, 0.2) is 0 Å². The first kappa shape index (κ1) is 11.5. The van der Waals surface area contributed by atoms with E-state index >= 15 is 0 Å². The van der Waals surface area contributed by atoms with Crippen molar-refractivity contribution < 1.29 is 9.90 Å². The van der Waals surface area contributed by atoms with Crippen molar-refractivity contribution in [1.29, 1.82) is 0 Å². The largest absolute Gasteiger partial charge is 0.507 e. The summed E-state index contributed by atoms with van der Waals surface area (Å²) in [6, 6.07) is 3.63. The summed E-state index contributed by atoms with van der Waals surface area (Å²) < 4.78 is 0.681. The predicted molar refractivity (Wildman–Crippen MR) is 66.8 cm³/mol. The minimum absolute atomic E-state index is 0.0771. The number of halogens is 1. The molecular weight excluding hydrogens is 270 g/mol. The van der Waals surface area contributed by atoms with Crippen molar-refractivity contribution in [3.8, 4) is 5.75 Å². The quantitative estimate of drug-likeness (QED) is 0.780. The Hall–Kier alpha value is -1.03. The number of Topliss-reactive ketones (excluding diaryl/α,β-unsaturated/α-hetero) is 1. The third-order valence-corrected chi connectivity index (χ3v) is 3.68. The molecule has 0 saturated carbocycles. The minimum atomic E-state index is 0.0771. The number of rotatable bonds is 1. The highest BCUT2D eigenvalue weighted by Gasteiger charge is 2.20. The van der Waals surface area contributed by atoms with E-state index < -0.39 is 0 Å². The standard InChI is InChI=1S/C12H14BrNO2/c1-7(15)9-3-2-8-4-12(16)10(13)5-11(8)14-6-9/h4-5,9,14,16H,2-3,6H2,1H3. The molecule has 16 heavy (non-hydrogen) atoms. The van der Waals surface area contributed by atoms with Crippen molar-refractivity contribution in [3.63, 3.8) is 0 Å². The molecular formula is C12H14BrNO2. The average Bonchev–Trinajstić information content (AvgIpc) is 2.41. The van der Waals surface area contributed by atoms with Gasteiger partial charge in [-0.1, -0.05) is 0 Å². The van der Waals surface area contributed by atoms with Crippen LogP contribution in [0.1, 0.15) is 18.9 Å². The molecule has 2 rings (SSSR count). The molecule has 1 unspecified atom stereocenters. The molecule has 0 bridgehead atoms. The van der Waals surface area contributed by atoms with Gasteiger partial charge >= 0.3 is 0 Å². The van der Waals surface area contributed by atoms with Crippen LogP contribution in [0, 0.1) is 5.92 Å². The number of carbonyl (C=O) groups is 1. The second-order valence-electron chi connectivity index (χ2n) is 4.19. The predicted octanol–water partition coefficient (Wildman–Crippen LogP) is 2.72. The maximum Gasteiger partial charge on any atom is 0.134 e. The molecule has 0 fully saturated rings. The van der Waals surface area contributed by atoms with Crippen molar-refractivity contribution in [2.24, 2.45) is 5.92 Å². The Morgan fingerprint density at radius 3 is 3.00 bits per heavy atom. The van der Waals surface area contributed by atoms with Gasteiger partial charge in [-0.3, -0.25) is 4.79 Å². The van der Waals surface area contributed by atoms with Crippen LogP contribution >= 0.6 is 15.9 Å². The van der Waals surface area contributed by atoms with Crippen molar-refractivity contribution in [2.45, 2.75) is 19.8 Å². The lowest BCUT2D eigenvalue weighted by Crippen LogP contribution is -2.19. The molecule has 2 N–H and O–H groups in total. The Morgan fingerprint density at radius 1 is 1.56 bits per heavy atom. The number of hydrogen-bond donors (Lipinski definition) is 2. The Labute approximate surface area is 103 Å². The van der Waals surface area contributed by atoms with Gasteiger partial charge in [0, 0.05) is 18.2 Å². The fourth-order valence-electron chi connectivity index (χ4n) is 1.99. The Kier molecular flexibility index (Phi) is 3.19. The summed E-state index contributed by atoms with van der Waals surface area (Å²) >= 11 is 3.29. The van der Waals surface area contributed by atoms with E-state index in [1.54, 1.807) is 13.0 Å². The average molecular weight is 284 g/mol. The number of phenolic OH excluding ortho intramolecular Hbond substituents is 1. The van der Waals surface area contributed by atoms with E-state index in [1.165, 1.54) is 0 Å². The maximum absolute atomic E-state index is 11.3. The summed E-state index contributed by atoms with van der Waals surface area (Å²) in [5.74, 6) is 0.554. The molecule has 1 heterocycles. The Morgan fingerprint density at radius 2 is 2.31 bits per heavy atom. The third-order valence-electron chi connectivity index (χ3n) is 3.05. The maximum atomic E-state index is 11.3. The van der Waals surface area contributed by atoms with E-state index in [2.05, 4.69) is 21.2 Å². The van der Waals surface area contributed by atoms with Crippen LogP contribution in [0.15, 0.2) is 16.6 Å². The molecule has 0 radical (unpaired) electrons. The number of aromatic hydroxyl groups is 1. The van der Waals surface area contributed by atoms with Gasteiger partial charge in [0.1, 0.15) is 11.5 Å². The van der Waals surface area contributed by atoms with Crippen LogP contribution in [0.4, 0.5) is 5.69 Å². The number of carbonyl (C=O) groups excluding carboxylic acids is 1. The molecule has 1 atom stereocenters. The minimum Gasteiger partial charge on any atom is -0.507 e. The molecule has 0 saturated heterocycles. The van der Waals surface area contributed by atoms with Gasteiger partial charge in [-0.05, 0) is 53.4 Å². The highest BCUT2D eigenvalue weighted by molar-refractivity contribution is 9.10. The van der Waals surface area contributed by atoms with E-state index in [4.69, 9.17) is 0 Å². The van der Waals surface area contributed by atoms with E-state index in [0.717, 1.165) is 24.1 Å². The normalized spacial score (nSPS) is 19.5. The number of hydrogen-bond acceptors (Lipinski definition) is 3. The Balaban J connectivity index is 2.27. The van der Waals surface area contributed by atoms with Gasteiger partial charge in [-0.25, -0.2) is 0 Å². The molecule has 1 aromatic carbocycles. The zero-order valence-corrected chi connectivity index (χ0v) is 10.7. The number of phenols is 1. The van der Waals surface area contributed by atoms with Crippen LogP contribution in [0.2, 0.25) is 0 Å². The number of fused-ring (bicyclic) bond motifs is 1. The molecule has 1 aromatic rings. The van der Waals surface area contributed by atoms with Gasteiger partial charge in [-0.15, -0.1) is 0 Å². The second kappa shape index (κ2) is 4.45. The van der Waals surface area contributed by atoms with E-state index in [0.29, 0.717) is 11.0 Å². The Bertz CT molecular complexity index is 398. The van der Waals surface area contributed by atoms with Crippen molar-refractivity contribution in [1.82, 2.24) is 0 Å². The summed E-state index contributed by atoms with van der Waals surface area (Å²) in [7, 11) is 0. The monoisotopic (exact) mass is 283 g/mol. The molecule has 0 spiro atoms. The molecule has 0 amide bonds. The van der Waals surface area contributed by atoms with Crippen LogP contribution in [0.5, 0.6) is 5.75 Å². The fraction of sp³-hybridized carbons (Fsp3) is 0.417. The smallest absolute Gasteiger partial charge is 0.134 e. The topological polar surface area (TPSA) is 49.3 Å². The summed E-state index contributed by atoms with van der Waals surface area (Å²) in [6.45, 7) is 2.31. The van der Waals surface area contributed by atoms with Gasteiger partial charge in [0.05, 0.1) is 4.47 Å². The molecule has 1 aliphatic rings. The molecule has 86 valence electrons. The zero-order valence-electron chi connectivity index (χ0n) is 9.09. The van der Waals surface area contributed by atoms with Gasteiger partial charge in [0.2, 0.25) is 0 Å². The molecule has 0 aliphatic carbocycles. The summed E-state index contributed by atoms with van der Waals surface area (Å²) in [6.07, 6.45) is 1.67. The summed E-state index contributed by atoms with van der Waals surface area (Å²) in [4.78, 5) is 11.3. The van der Waals surface area contributed by atoms with Crippen LogP contribution in [-0.2, 0) is 11.2 Å². The van der Waals surface area contributed by atoms with Gasteiger partial charge in [0.25, 0.3) is 0 Å². The number of benzene rings is 1. The SMILES string of the molecule is CC(=O)C1CCc2cc(O)c(Br)cc2NC1. The number of aryl methyl sites for hydroxylation is 1. The van der Waals surface area contributed by atoms with Crippen LogP contribution in [-0.4, -0.2) is 17.4 Å². The van der Waals surface area contributed by atoms with Crippen molar-refractivity contribution in [2.75, 3.05) is 11.9 Å². The second-order valence-corrected chi connectivity index (χ2v) is 5.04. The first-order valence-corrected chi connectivity index (χ1v) is 6.13. The number of nitrogens with one attached hydrogen (secondary N) is 1. The van der Waals surface area contributed by atoms with E-state index in [9.17, 15) is 9.90 Å². The van der Waals surface area contributed by atoms with Crippen molar-refractivity contribution in [3.05, 3.63) is 22.2 Å². The van der Waals surface area contributed by atoms with Crippen LogP contribution in [0.25, 0.3) is 0 Å². The van der Waals surface area contributed by atoms with Gasteiger partial charge < -0.3 is 10.4 Å². The lowest BCUT2D eigenvalue weighted by Gasteiger charge is -2.10. The van der Waals surface area contributed by atoms with Crippen molar-refractivity contribution >= 4 is 27.4 Å². The first-order valence-electron chi connectivity index (χ1n) is 5.33. The third kappa shape index (κ3) is 2.21. The fourth-order valence-corrected chi connectivity index (χ4v) is 2.33. The molecule has 0 aromatic heterocycles. The molecule has 3 nitrogen and oxygen atoms in total. The van der Waals surface area contributed by atoms with Crippen LogP contribution in [0.3, 0.4) is 0 Å². The molecule has 1 aliphatic heterocycles. The lowest BCUT2D eigenvalue weighted by atomic mass is 9.98. The number of ketones is 1. The lowest BCUT2D eigenvalue weighted by molar-refractivity contribution is -0.120. The summed E-state index contributed by atoms with van der Waals surface area (Å²) in [5.41, 5.74) is 2.08.